The molecule has 1 heterocycles. The third-order valence-corrected chi connectivity index (χ3v) is 3.14. The van der Waals surface area contributed by atoms with E-state index in [2.05, 4.69) is 37.9 Å². The van der Waals surface area contributed by atoms with Crippen LogP contribution in [0.2, 0.25) is 0 Å². The summed E-state index contributed by atoms with van der Waals surface area (Å²) in [7, 11) is 0. The van der Waals surface area contributed by atoms with Gasteiger partial charge in [0.05, 0.1) is 12.2 Å². The minimum absolute atomic E-state index is 0.386. The lowest BCUT2D eigenvalue weighted by Crippen LogP contribution is -2.48. The minimum atomic E-state index is 0.386. The van der Waals surface area contributed by atoms with Crippen molar-refractivity contribution in [3.63, 3.8) is 0 Å². The van der Waals surface area contributed by atoms with Crippen molar-refractivity contribution in [2.75, 3.05) is 26.2 Å². The van der Waals surface area contributed by atoms with Crippen molar-refractivity contribution in [3.8, 4) is 0 Å². The molecule has 1 aliphatic rings. The SMILES string of the molecule is CCCC(C)NCCN1C[C@@H](C)O[C@@H](C)C1. The van der Waals surface area contributed by atoms with Crippen LogP contribution in [0, 0.1) is 0 Å². The smallest absolute Gasteiger partial charge is 0.0678 e. The van der Waals surface area contributed by atoms with E-state index in [4.69, 9.17) is 4.74 Å². The average molecular weight is 228 g/mol. The van der Waals surface area contributed by atoms with Gasteiger partial charge < -0.3 is 10.1 Å². The second-order valence-corrected chi connectivity index (χ2v) is 5.16. The van der Waals surface area contributed by atoms with Gasteiger partial charge in [-0.2, -0.15) is 0 Å². The van der Waals surface area contributed by atoms with Crippen molar-refractivity contribution in [2.24, 2.45) is 0 Å². The maximum atomic E-state index is 5.72. The van der Waals surface area contributed by atoms with Crippen LogP contribution in [0.4, 0.5) is 0 Å². The zero-order valence-electron chi connectivity index (χ0n) is 11.3. The summed E-state index contributed by atoms with van der Waals surface area (Å²) in [6.07, 6.45) is 3.31. The molecule has 96 valence electrons. The molecule has 0 amide bonds. The summed E-state index contributed by atoms with van der Waals surface area (Å²) < 4.78 is 5.72. The number of rotatable bonds is 6. The van der Waals surface area contributed by atoms with Crippen LogP contribution in [0.15, 0.2) is 0 Å². The third-order valence-electron chi connectivity index (χ3n) is 3.14. The van der Waals surface area contributed by atoms with Gasteiger partial charge in [-0.05, 0) is 27.2 Å². The molecule has 16 heavy (non-hydrogen) atoms. The Balaban J connectivity index is 2.12. The van der Waals surface area contributed by atoms with Gasteiger partial charge in [-0.3, -0.25) is 4.90 Å². The molecule has 1 aliphatic heterocycles. The zero-order chi connectivity index (χ0) is 12.0. The predicted octanol–water partition coefficient (Wildman–Crippen LogP) is 1.87. The Kier molecular flexibility index (Phi) is 6.32. The molecule has 3 nitrogen and oxygen atoms in total. The summed E-state index contributed by atoms with van der Waals surface area (Å²) in [6.45, 7) is 13.2. The third kappa shape index (κ3) is 5.28. The van der Waals surface area contributed by atoms with Gasteiger partial charge in [0.2, 0.25) is 0 Å². The molecule has 3 atom stereocenters. The molecule has 0 aromatic carbocycles. The maximum Gasteiger partial charge on any atom is 0.0678 e. The number of nitrogens with one attached hydrogen (secondary N) is 1. The molecule has 0 spiro atoms. The molecule has 1 rings (SSSR count). The number of hydrogen-bond acceptors (Lipinski definition) is 3. The Morgan fingerprint density at radius 1 is 1.31 bits per heavy atom. The first-order valence-electron chi connectivity index (χ1n) is 6.73. The van der Waals surface area contributed by atoms with Crippen molar-refractivity contribution in [1.82, 2.24) is 10.2 Å². The van der Waals surface area contributed by atoms with Gasteiger partial charge in [-0.25, -0.2) is 0 Å². The van der Waals surface area contributed by atoms with E-state index in [1.54, 1.807) is 0 Å². The highest BCUT2D eigenvalue weighted by atomic mass is 16.5. The zero-order valence-corrected chi connectivity index (χ0v) is 11.3. The Morgan fingerprint density at radius 3 is 2.50 bits per heavy atom. The summed E-state index contributed by atoms with van der Waals surface area (Å²) in [6, 6.07) is 0.654. The summed E-state index contributed by atoms with van der Waals surface area (Å²) in [5.41, 5.74) is 0. The summed E-state index contributed by atoms with van der Waals surface area (Å²) in [5, 5.41) is 3.58. The van der Waals surface area contributed by atoms with Gasteiger partial charge in [-0.1, -0.05) is 13.3 Å². The van der Waals surface area contributed by atoms with Gasteiger partial charge in [-0.15, -0.1) is 0 Å². The molecule has 3 heteroatoms. The van der Waals surface area contributed by atoms with Crippen LogP contribution in [-0.4, -0.2) is 49.3 Å². The predicted molar refractivity (Wildman–Crippen MR) is 68.8 cm³/mol. The van der Waals surface area contributed by atoms with Crippen LogP contribution in [0.1, 0.15) is 40.5 Å². The van der Waals surface area contributed by atoms with Crippen molar-refractivity contribution < 1.29 is 4.74 Å². The van der Waals surface area contributed by atoms with E-state index < -0.39 is 0 Å². The topological polar surface area (TPSA) is 24.5 Å². The van der Waals surface area contributed by atoms with Crippen molar-refractivity contribution in [2.45, 2.75) is 58.8 Å². The molecule has 0 saturated carbocycles. The fraction of sp³-hybridized carbons (Fsp3) is 1.00. The molecule has 1 saturated heterocycles. The standard InChI is InChI=1S/C13H28N2O/c1-5-6-11(2)14-7-8-15-9-12(3)16-13(4)10-15/h11-14H,5-10H2,1-4H3/t11?,12-,13+. The van der Waals surface area contributed by atoms with Crippen LogP contribution in [0.5, 0.6) is 0 Å². The molecule has 0 aromatic heterocycles. The van der Waals surface area contributed by atoms with Crippen LogP contribution in [0.25, 0.3) is 0 Å². The summed E-state index contributed by atoms with van der Waals surface area (Å²) >= 11 is 0. The van der Waals surface area contributed by atoms with Crippen molar-refractivity contribution in [1.29, 1.82) is 0 Å². The highest BCUT2D eigenvalue weighted by Gasteiger charge is 2.21. The lowest BCUT2D eigenvalue weighted by molar-refractivity contribution is -0.0675. The van der Waals surface area contributed by atoms with Crippen LogP contribution >= 0.6 is 0 Å². The average Bonchev–Trinajstić information content (AvgIpc) is 2.16. The fourth-order valence-corrected chi connectivity index (χ4v) is 2.47. The van der Waals surface area contributed by atoms with Crippen molar-refractivity contribution in [3.05, 3.63) is 0 Å². The summed E-state index contributed by atoms with van der Waals surface area (Å²) in [5.74, 6) is 0. The quantitative estimate of drug-likeness (QED) is 0.751. The highest BCUT2D eigenvalue weighted by Crippen LogP contribution is 2.09. The molecular weight excluding hydrogens is 200 g/mol. The van der Waals surface area contributed by atoms with E-state index >= 15 is 0 Å². The summed E-state index contributed by atoms with van der Waals surface area (Å²) in [4.78, 5) is 2.50. The molecule has 0 bridgehead atoms. The van der Waals surface area contributed by atoms with E-state index in [0.717, 1.165) is 26.2 Å². The number of nitrogens with zero attached hydrogens (tertiary/aromatic N) is 1. The molecular formula is C13H28N2O. The normalized spacial score (nSPS) is 29.2. The minimum Gasteiger partial charge on any atom is -0.373 e. The molecule has 0 radical (unpaired) electrons. The molecule has 0 aliphatic carbocycles. The van der Waals surface area contributed by atoms with Gasteiger partial charge in [0, 0.05) is 32.2 Å². The number of hydrogen-bond donors (Lipinski definition) is 1. The Morgan fingerprint density at radius 2 is 1.94 bits per heavy atom. The van der Waals surface area contributed by atoms with Gasteiger partial charge >= 0.3 is 0 Å². The molecule has 1 N–H and O–H groups in total. The lowest BCUT2D eigenvalue weighted by Gasteiger charge is -2.35. The van der Waals surface area contributed by atoms with E-state index in [-0.39, 0.29) is 0 Å². The van der Waals surface area contributed by atoms with E-state index in [1.807, 2.05) is 0 Å². The van der Waals surface area contributed by atoms with Gasteiger partial charge in [0.15, 0.2) is 0 Å². The van der Waals surface area contributed by atoms with E-state index in [9.17, 15) is 0 Å². The molecule has 0 aromatic rings. The second-order valence-electron chi connectivity index (χ2n) is 5.16. The number of morpholine rings is 1. The molecule has 1 unspecified atom stereocenters. The van der Waals surface area contributed by atoms with Gasteiger partial charge in [0.1, 0.15) is 0 Å². The van der Waals surface area contributed by atoms with Crippen LogP contribution in [-0.2, 0) is 4.74 Å². The Hall–Kier alpha value is -0.120. The Bertz CT molecular complexity index is 177. The number of ether oxygens (including phenoxy) is 1. The fourth-order valence-electron chi connectivity index (χ4n) is 2.47. The molecule has 1 fully saturated rings. The highest BCUT2D eigenvalue weighted by molar-refractivity contribution is 4.74. The van der Waals surface area contributed by atoms with Crippen LogP contribution < -0.4 is 5.32 Å². The van der Waals surface area contributed by atoms with Crippen LogP contribution in [0.3, 0.4) is 0 Å². The first-order chi connectivity index (χ1) is 7.61. The first kappa shape index (κ1) is 13.9. The largest absolute Gasteiger partial charge is 0.373 e. The Labute approximate surface area is 101 Å². The second kappa shape index (κ2) is 7.25. The van der Waals surface area contributed by atoms with E-state index in [1.165, 1.54) is 12.8 Å². The van der Waals surface area contributed by atoms with E-state index in [0.29, 0.717) is 18.2 Å². The maximum absolute atomic E-state index is 5.72. The monoisotopic (exact) mass is 228 g/mol. The van der Waals surface area contributed by atoms with Crippen molar-refractivity contribution >= 4 is 0 Å². The van der Waals surface area contributed by atoms with Gasteiger partial charge in [0.25, 0.3) is 0 Å². The lowest BCUT2D eigenvalue weighted by atomic mass is 10.2. The first-order valence-corrected chi connectivity index (χ1v) is 6.73.